The summed E-state index contributed by atoms with van der Waals surface area (Å²) < 4.78 is 4.48. The summed E-state index contributed by atoms with van der Waals surface area (Å²) in [4.78, 5) is 10.3. The Labute approximate surface area is 68.0 Å². The van der Waals surface area contributed by atoms with Crippen molar-refractivity contribution in [1.29, 1.82) is 0 Å². The third kappa shape index (κ3) is 1.72. The normalized spacial score (nSPS) is 42.6. The van der Waals surface area contributed by atoms with Crippen molar-refractivity contribution in [2.75, 3.05) is 0 Å². The average molecular weight is 178 g/mol. The number of hydrogen-bond donors (Lipinski definition) is 4. The van der Waals surface area contributed by atoms with Crippen LogP contribution in [0.25, 0.3) is 0 Å². The Morgan fingerprint density at radius 2 is 1.92 bits per heavy atom. The summed E-state index contributed by atoms with van der Waals surface area (Å²) in [6.45, 7) is 0. The number of carboxylic acids is 1. The molecule has 1 saturated heterocycles. The first-order valence-corrected chi connectivity index (χ1v) is 3.45. The van der Waals surface area contributed by atoms with Crippen molar-refractivity contribution in [2.24, 2.45) is 0 Å². The van der Waals surface area contributed by atoms with Crippen LogP contribution in [0.2, 0.25) is 0 Å². The zero-order valence-electron chi connectivity index (χ0n) is 6.12. The zero-order chi connectivity index (χ0) is 9.30. The maximum Gasteiger partial charge on any atom is 0.333 e. The minimum Gasteiger partial charge on any atom is -0.479 e. The van der Waals surface area contributed by atoms with E-state index in [9.17, 15) is 4.79 Å². The molecule has 0 spiro atoms. The van der Waals surface area contributed by atoms with Gasteiger partial charge in [-0.2, -0.15) is 0 Å². The summed E-state index contributed by atoms with van der Waals surface area (Å²) in [5.74, 6) is -1.26. The molecule has 0 radical (unpaired) electrons. The lowest BCUT2D eigenvalue weighted by Gasteiger charge is -2.32. The van der Waals surface area contributed by atoms with E-state index in [1.54, 1.807) is 0 Å². The van der Waals surface area contributed by atoms with Gasteiger partial charge in [0.05, 0.1) is 6.10 Å². The minimum atomic E-state index is -1.63. The highest BCUT2D eigenvalue weighted by Gasteiger charge is 2.38. The predicted octanol–water partition coefficient (Wildman–Crippen LogP) is -2.10. The SMILES string of the molecule is O=C(O)[C@@H]1C[C@H](O)[C@@H](O)C(O)O1. The van der Waals surface area contributed by atoms with Gasteiger partial charge in [0.1, 0.15) is 6.10 Å². The molecule has 6 nitrogen and oxygen atoms in total. The second-order valence-corrected chi connectivity index (χ2v) is 2.65. The lowest BCUT2D eigenvalue weighted by molar-refractivity contribution is -0.248. The number of hydrogen-bond acceptors (Lipinski definition) is 5. The summed E-state index contributed by atoms with van der Waals surface area (Å²) >= 11 is 0. The number of aliphatic hydroxyl groups is 3. The molecule has 1 aliphatic heterocycles. The molecule has 1 heterocycles. The number of aliphatic hydroxyl groups excluding tert-OH is 3. The largest absolute Gasteiger partial charge is 0.479 e. The van der Waals surface area contributed by atoms with Crippen LogP contribution >= 0.6 is 0 Å². The number of ether oxygens (including phenoxy) is 1. The van der Waals surface area contributed by atoms with Crippen LogP contribution in [0.1, 0.15) is 6.42 Å². The monoisotopic (exact) mass is 178 g/mol. The molecule has 1 rings (SSSR count). The first-order chi connectivity index (χ1) is 5.52. The molecule has 1 fully saturated rings. The smallest absolute Gasteiger partial charge is 0.333 e. The number of carboxylic acid groups (broad SMARTS) is 1. The Morgan fingerprint density at radius 1 is 1.33 bits per heavy atom. The highest BCUT2D eigenvalue weighted by molar-refractivity contribution is 5.72. The number of carbonyl (C=O) groups is 1. The van der Waals surface area contributed by atoms with E-state index in [1.807, 2.05) is 0 Å². The van der Waals surface area contributed by atoms with Crippen LogP contribution < -0.4 is 0 Å². The van der Waals surface area contributed by atoms with Gasteiger partial charge in [-0.25, -0.2) is 4.79 Å². The van der Waals surface area contributed by atoms with Crippen LogP contribution in [0.15, 0.2) is 0 Å². The summed E-state index contributed by atoms with van der Waals surface area (Å²) in [6, 6.07) is 0. The standard InChI is InChI=1S/C6H10O6/c7-2-1-3(5(9)10)12-6(11)4(2)8/h2-4,6-8,11H,1H2,(H,9,10)/t2-,3-,4+,6?/m0/s1. The average Bonchev–Trinajstić information content (AvgIpc) is 1.99. The molecular formula is C6H10O6. The molecule has 1 aliphatic rings. The maximum atomic E-state index is 10.3. The molecule has 0 aliphatic carbocycles. The van der Waals surface area contributed by atoms with Crippen molar-refractivity contribution in [2.45, 2.75) is 31.0 Å². The number of rotatable bonds is 1. The predicted molar refractivity (Wildman–Crippen MR) is 35.1 cm³/mol. The van der Waals surface area contributed by atoms with Gasteiger partial charge in [-0.15, -0.1) is 0 Å². The first kappa shape index (κ1) is 9.40. The second kappa shape index (κ2) is 3.36. The van der Waals surface area contributed by atoms with Gasteiger partial charge in [-0.3, -0.25) is 0 Å². The van der Waals surface area contributed by atoms with Crippen molar-refractivity contribution in [3.05, 3.63) is 0 Å². The van der Waals surface area contributed by atoms with Gasteiger partial charge in [0, 0.05) is 6.42 Å². The molecule has 0 aromatic heterocycles. The molecule has 70 valence electrons. The number of aliphatic carboxylic acids is 1. The van der Waals surface area contributed by atoms with Gasteiger partial charge in [-0.05, 0) is 0 Å². The van der Waals surface area contributed by atoms with E-state index < -0.39 is 30.6 Å². The third-order valence-electron chi connectivity index (χ3n) is 1.72. The Balaban J connectivity index is 2.59. The van der Waals surface area contributed by atoms with E-state index >= 15 is 0 Å². The molecule has 0 aromatic carbocycles. The van der Waals surface area contributed by atoms with Gasteiger partial charge < -0.3 is 25.2 Å². The van der Waals surface area contributed by atoms with Crippen LogP contribution in [0.3, 0.4) is 0 Å². The lowest BCUT2D eigenvalue weighted by Crippen LogP contribution is -2.50. The molecule has 12 heavy (non-hydrogen) atoms. The molecule has 1 unspecified atom stereocenters. The van der Waals surface area contributed by atoms with Gasteiger partial charge in [0.2, 0.25) is 0 Å². The van der Waals surface area contributed by atoms with E-state index in [4.69, 9.17) is 20.4 Å². The minimum absolute atomic E-state index is 0.215. The quantitative estimate of drug-likeness (QED) is 0.366. The van der Waals surface area contributed by atoms with Crippen molar-refractivity contribution in [3.63, 3.8) is 0 Å². The zero-order valence-corrected chi connectivity index (χ0v) is 6.12. The van der Waals surface area contributed by atoms with E-state index in [0.29, 0.717) is 0 Å². The molecule has 0 aromatic rings. The molecule has 0 amide bonds. The second-order valence-electron chi connectivity index (χ2n) is 2.65. The maximum absolute atomic E-state index is 10.3. The summed E-state index contributed by atoms with van der Waals surface area (Å²) in [5, 5.41) is 35.2. The van der Waals surface area contributed by atoms with Gasteiger partial charge >= 0.3 is 5.97 Å². The van der Waals surface area contributed by atoms with Crippen LogP contribution in [0, 0.1) is 0 Å². The third-order valence-corrected chi connectivity index (χ3v) is 1.72. The molecular weight excluding hydrogens is 168 g/mol. The Kier molecular flexibility index (Phi) is 2.63. The molecule has 0 saturated carbocycles. The van der Waals surface area contributed by atoms with E-state index in [0.717, 1.165) is 0 Å². The summed E-state index contributed by atoms with van der Waals surface area (Å²) in [5.41, 5.74) is 0. The summed E-state index contributed by atoms with van der Waals surface area (Å²) in [7, 11) is 0. The van der Waals surface area contributed by atoms with Gasteiger partial charge in [0.15, 0.2) is 12.4 Å². The Morgan fingerprint density at radius 3 is 2.33 bits per heavy atom. The van der Waals surface area contributed by atoms with Crippen molar-refractivity contribution in [1.82, 2.24) is 0 Å². The molecule has 6 heteroatoms. The first-order valence-electron chi connectivity index (χ1n) is 3.45. The van der Waals surface area contributed by atoms with E-state index in [1.165, 1.54) is 0 Å². The van der Waals surface area contributed by atoms with Crippen molar-refractivity contribution < 1.29 is 30.0 Å². The fourth-order valence-electron chi connectivity index (χ4n) is 1.01. The highest BCUT2D eigenvalue weighted by Crippen LogP contribution is 2.18. The van der Waals surface area contributed by atoms with Crippen molar-refractivity contribution >= 4 is 5.97 Å². The molecule has 0 bridgehead atoms. The van der Waals surface area contributed by atoms with E-state index in [-0.39, 0.29) is 6.42 Å². The van der Waals surface area contributed by atoms with Gasteiger partial charge in [-0.1, -0.05) is 0 Å². The van der Waals surface area contributed by atoms with E-state index in [2.05, 4.69) is 4.74 Å². The lowest BCUT2D eigenvalue weighted by atomic mass is 10.0. The van der Waals surface area contributed by atoms with Crippen molar-refractivity contribution in [3.8, 4) is 0 Å². The fourth-order valence-corrected chi connectivity index (χ4v) is 1.01. The molecule has 4 atom stereocenters. The van der Waals surface area contributed by atoms with Crippen LogP contribution in [0.4, 0.5) is 0 Å². The topological polar surface area (TPSA) is 107 Å². The summed E-state index contributed by atoms with van der Waals surface area (Å²) in [6.07, 6.45) is -5.78. The van der Waals surface area contributed by atoms with Crippen LogP contribution in [-0.4, -0.2) is 51.0 Å². The van der Waals surface area contributed by atoms with Crippen LogP contribution in [-0.2, 0) is 9.53 Å². The van der Waals surface area contributed by atoms with Crippen LogP contribution in [0.5, 0.6) is 0 Å². The molecule has 4 N–H and O–H groups in total. The Bertz CT molecular complexity index is 169. The highest BCUT2D eigenvalue weighted by atomic mass is 16.6. The van der Waals surface area contributed by atoms with Gasteiger partial charge in [0.25, 0.3) is 0 Å². The fraction of sp³-hybridized carbons (Fsp3) is 0.833. The Hall–Kier alpha value is -0.690.